The molecule has 0 saturated carbocycles. The zero-order valence-electron chi connectivity index (χ0n) is 21.5. The predicted molar refractivity (Wildman–Crippen MR) is 163 cm³/mol. The molecule has 39 heavy (non-hydrogen) atoms. The standard InChI is InChI=1S/C33H28BrClN2O2/c1-38-31-18-21(17-28(34)33(31)39-20-23-7-2-4-11-29(23)35)19-36-24-15-13-22(14-16-24)32-27-10-6-9-25(27)26-8-3-5-12-30(26)37-32/h2-9,11-19,25,27,32,37H,10,20H2,1H3/t25-,27+,32+/m1/s1. The highest BCUT2D eigenvalue weighted by Gasteiger charge is 2.37. The second-order valence-electron chi connectivity index (χ2n) is 9.83. The van der Waals surface area contributed by atoms with Gasteiger partial charge < -0.3 is 14.8 Å². The predicted octanol–water partition coefficient (Wildman–Crippen LogP) is 9.27. The van der Waals surface area contributed by atoms with Gasteiger partial charge in [0.25, 0.3) is 0 Å². The summed E-state index contributed by atoms with van der Waals surface area (Å²) >= 11 is 9.91. The van der Waals surface area contributed by atoms with E-state index in [0.717, 1.165) is 27.7 Å². The minimum absolute atomic E-state index is 0.274. The first kappa shape index (κ1) is 25.7. The number of anilines is 1. The second kappa shape index (κ2) is 11.3. The van der Waals surface area contributed by atoms with Crippen LogP contribution in [-0.2, 0) is 6.61 Å². The number of hydrogen-bond acceptors (Lipinski definition) is 4. The number of nitrogens with zero attached hydrogens (tertiary/aromatic N) is 1. The highest BCUT2D eigenvalue weighted by atomic mass is 79.9. The monoisotopic (exact) mass is 598 g/mol. The van der Waals surface area contributed by atoms with Gasteiger partial charge in [0.1, 0.15) is 6.61 Å². The van der Waals surface area contributed by atoms with Crippen LogP contribution in [0.3, 0.4) is 0 Å². The minimum atomic E-state index is 0.274. The van der Waals surface area contributed by atoms with E-state index in [4.69, 9.17) is 26.1 Å². The number of ether oxygens (including phenoxy) is 2. The summed E-state index contributed by atoms with van der Waals surface area (Å²) in [6, 6.07) is 29.0. The van der Waals surface area contributed by atoms with E-state index in [2.05, 4.69) is 81.9 Å². The third-order valence-corrected chi connectivity index (χ3v) is 8.43. The first-order valence-electron chi connectivity index (χ1n) is 13.0. The van der Waals surface area contributed by atoms with Crippen molar-refractivity contribution in [1.29, 1.82) is 0 Å². The van der Waals surface area contributed by atoms with Gasteiger partial charge in [-0.3, -0.25) is 4.99 Å². The molecular formula is C33H28BrClN2O2. The molecule has 0 aromatic heterocycles. The number of benzene rings is 4. The molecule has 4 nitrogen and oxygen atoms in total. The molecular weight excluding hydrogens is 572 g/mol. The van der Waals surface area contributed by atoms with E-state index >= 15 is 0 Å². The lowest BCUT2D eigenvalue weighted by atomic mass is 9.77. The lowest BCUT2D eigenvalue weighted by molar-refractivity contribution is 0.282. The van der Waals surface area contributed by atoms with Crippen molar-refractivity contribution in [3.63, 3.8) is 0 Å². The van der Waals surface area contributed by atoms with Gasteiger partial charge in [-0.05, 0) is 81.4 Å². The van der Waals surface area contributed by atoms with Gasteiger partial charge in [0.15, 0.2) is 11.5 Å². The van der Waals surface area contributed by atoms with Crippen LogP contribution in [0.4, 0.5) is 11.4 Å². The van der Waals surface area contributed by atoms with Gasteiger partial charge in [-0.25, -0.2) is 0 Å². The summed E-state index contributed by atoms with van der Waals surface area (Å²) in [7, 11) is 1.63. The number of allylic oxidation sites excluding steroid dienone is 2. The number of para-hydroxylation sites is 1. The van der Waals surface area contributed by atoms with Crippen LogP contribution in [0.2, 0.25) is 5.02 Å². The maximum Gasteiger partial charge on any atom is 0.175 e. The van der Waals surface area contributed by atoms with Crippen LogP contribution in [0, 0.1) is 5.92 Å². The number of nitrogens with one attached hydrogen (secondary N) is 1. The summed E-state index contributed by atoms with van der Waals surface area (Å²) in [5.74, 6) is 2.24. The Kier molecular flexibility index (Phi) is 7.45. The molecule has 3 atom stereocenters. The van der Waals surface area contributed by atoms with Crippen molar-refractivity contribution in [1.82, 2.24) is 0 Å². The molecule has 6 heteroatoms. The van der Waals surface area contributed by atoms with Crippen molar-refractivity contribution in [2.45, 2.75) is 25.0 Å². The van der Waals surface area contributed by atoms with Crippen molar-refractivity contribution in [2.24, 2.45) is 10.9 Å². The molecule has 4 aromatic rings. The van der Waals surface area contributed by atoms with E-state index in [-0.39, 0.29) is 6.04 Å². The van der Waals surface area contributed by atoms with Crippen LogP contribution < -0.4 is 14.8 Å². The summed E-state index contributed by atoms with van der Waals surface area (Å²) < 4.78 is 12.5. The van der Waals surface area contributed by atoms with Crippen molar-refractivity contribution in [2.75, 3.05) is 12.4 Å². The average Bonchev–Trinajstić information content (AvgIpc) is 3.46. The molecule has 1 aliphatic heterocycles. The third-order valence-electron chi connectivity index (χ3n) is 7.47. The molecule has 1 aliphatic carbocycles. The quantitative estimate of drug-likeness (QED) is 0.170. The smallest absolute Gasteiger partial charge is 0.175 e. The molecule has 0 bridgehead atoms. The minimum Gasteiger partial charge on any atom is -0.493 e. The lowest BCUT2D eigenvalue weighted by Gasteiger charge is -2.37. The van der Waals surface area contributed by atoms with E-state index in [0.29, 0.717) is 35.0 Å². The Balaban J connectivity index is 1.17. The van der Waals surface area contributed by atoms with Gasteiger partial charge in [0.05, 0.1) is 23.3 Å². The summed E-state index contributed by atoms with van der Waals surface area (Å²) in [5.41, 5.74) is 6.62. The van der Waals surface area contributed by atoms with E-state index in [1.165, 1.54) is 16.8 Å². The fourth-order valence-electron chi connectivity index (χ4n) is 5.51. The van der Waals surface area contributed by atoms with Gasteiger partial charge in [0, 0.05) is 28.4 Å². The van der Waals surface area contributed by atoms with Gasteiger partial charge in [0.2, 0.25) is 0 Å². The van der Waals surface area contributed by atoms with Gasteiger partial charge in [-0.1, -0.05) is 72.3 Å². The van der Waals surface area contributed by atoms with Crippen molar-refractivity contribution in [3.8, 4) is 11.5 Å². The summed E-state index contributed by atoms with van der Waals surface area (Å²) in [5, 5.41) is 4.47. The van der Waals surface area contributed by atoms with Crippen molar-refractivity contribution >= 4 is 45.1 Å². The van der Waals surface area contributed by atoms with E-state index < -0.39 is 0 Å². The zero-order chi connectivity index (χ0) is 26.8. The molecule has 0 saturated heterocycles. The topological polar surface area (TPSA) is 42.8 Å². The first-order chi connectivity index (χ1) is 19.1. The summed E-state index contributed by atoms with van der Waals surface area (Å²) in [6.45, 7) is 0.341. The van der Waals surface area contributed by atoms with Gasteiger partial charge in [-0.15, -0.1) is 0 Å². The third kappa shape index (κ3) is 5.34. The Bertz CT molecular complexity index is 1550. The maximum absolute atomic E-state index is 6.28. The largest absolute Gasteiger partial charge is 0.493 e. The SMILES string of the molecule is COc1cc(C=Nc2ccc([C@@H]3Nc4ccccc4[C@H]4C=CC[C@@H]43)cc2)cc(Br)c1OCc1ccccc1Cl. The molecule has 2 aliphatic rings. The van der Waals surface area contributed by atoms with Crippen LogP contribution in [0.15, 0.2) is 107 Å². The number of halogens is 2. The molecule has 4 aromatic carbocycles. The van der Waals surface area contributed by atoms with Crippen LogP contribution in [0.1, 0.15) is 40.6 Å². The lowest BCUT2D eigenvalue weighted by Crippen LogP contribution is -2.28. The Labute approximate surface area is 242 Å². The normalized spacial score (nSPS) is 19.4. The molecule has 6 rings (SSSR count). The van der Waals surface area contributed by atoms with Crippen LogP contribution >= 0.6 is 27.5 Å². The molecule has 196 valence electrons. The van der Waals surface area contributed by atoms with Crippen LogP contribution in [0.25, 0.3) is 0 Å². The molecule has 1 heterocycles. The summed E-state index contributed by atoms with van der Waals surface area (Å²) in [4.78, 5) is 4.72. The number of aliphatic imine (C=N–C) groups is 1. The molecule has 0 fully saturated rings. The van der Waals surface area contributed by atoms with Gasteiger partial charge in [-0.2, -0.15) is 0 Å². The molecule has 0 radical (unpaired) electrons. The fraction of sp³-hybridized carbons (Fsp3) is 0.182. The van der Waals surface area contributed by atoms with Crippen molar-refractivity contribution < 1.29 is 9.47 Å². The molecule has 0 spiro atoms. The number of fused-ring (bicyclic) bond motifs is 3. The van der Waals surface area contributed by atoms with E-state index in [1.807, 2.05) is 42.6 Å². The van der Waals surface area contributed by atoms with Crippen molar-refractivity contribution in [3.05, 3.63) is 129 Å². The first-order valence-corrected chi connectivity index (χ1v) is 14.2. The molecule has 1 N–H and O–H groups in total. The highest BCUT2D eigenvalue weighted by molar-refractivity contribution is 9.10. The molecule has 0 unspecified atom stereocenters. The van der Waals surface area contributed by atoms with E-state index in [9.17, 15) is 0 Å². The Hall–Kier alpha value is -3.54. The summed E-state index contributed by atoms with van der Waals surface area (Å²) in [6.07, 6.45) is 7.62. The highest BCUT2D eigenvalue weighted by Crippen LogP contribution is 2.49. The van der Waals surface area contributed by atoms with Gasteiger partial charge >= 0.3 is 0 Å². The average molecular weight is 600 g/mol. The maximum atomic E-state index is 6.28. The second-order valence-corrected chi connectivity index (χ2v) is 11.1. The molecule has 0 amide bonds. The Morgan fingerprint density at radius 1 is 1.03 bits per heavy atom. The fourth-order valence-corrected chi connectivity index (χ4v) is 6.27. The van der Waals surface area contributed by atoms with Crippen LogP contribution in [0.5, 0.6) is 11.5 Å². The van der Waals surface area contributed by atoms with Crippen LogP contribution in [-0.4, -0.2) is 13.3 Å². The van der Waals surface area contributed by atoms with E-state index in [1.54, 1.807) is 7.11 Å². The zero-order valence-corrected chi connectivity index (χ0v) is 23.8. The number of hydrogen-bond donors (Lipinski definition) is 1. The Morgan fingerprint density at radius 3 is 2.64 bits per heavy atom. The number of rotatable bonds is 7. The Morgan fingerprint density at radius 2 is 1.82 bits per heavy atom. The number of methoxy groups -OCH3 is 1.